The highest BCUT2D eigenvalue weighted by Gasteiger charge is 2.07. The molecule has 0 aromatic carbocycles. The van der Waals surface area contributed by atoms with Crippen molar-refractivity contribution in [3.05, 3.63) is 39.5 Å². The van der Waals surface area contributed by atoms with E-state index in [1.807, 2.05) is 17.7 Å². The minimum Gasteiger partial charge on any atom is -0.321 e. The second kappa shape index (κ2) is 4.75. The zero-order valence-corrected chi connectivity index (χ0v) is 11.2. The van der Waals surface area contributed by atoms with Crippen molar-refractivity contribution in [2.24, 2.45) is 7.05 Å². The maximum Gasteiger partial charge on any atom is 0.274 e. The maximum absolute atomic E-state index is 11.9. The minimum absolute atomic E-state index is 0.0844. The minimum atomic E-state index is -0.0844. The first-order valence-electron chi connectivity index (χ1n) is 5.26. The summed E-state index contributed by atoms with van der Waals surface area (Å²) >= 11 is 3.36. The van der Waals surface area contributed by atoms with E-state index in [1.54, 1.807) is 25.5 Å². The molecule has 0 saturated carbocycles. The van der Waals surface area contributed by atoms with Gasteiger partial charge < -0.3 is 14.5 Å². The fraction of sp³-hybridized carbons (Fsp3) is 0.273. The average molecular weight is 297 g/mol. The fourth-order valence-electron chi connectivity index (χ4n) is 1.57. The third-order valence-electron chi connectivity index (χ3n) is 2.45. The van der Waals surface area contributed by atoms with Crippen LogP contribution in [-0.2, 0) is 13.6 Å². The van der Waals surface area contributed by atoms with E-state index < -0.39 is 0 Å². The van der Waals surface area contributed by atoms with Gasteiger partial charge in [-0.1, -0.05) is 0 Å². The zero-order valence-electron chi connectivity index (χ0n) is 9.64. The Morgan fingerprint density at radius 2 is 2.29 bits per heavy atom. The molecule has 0 radical (unpaired) electrons. The summed E-state index contributed by atoms with van der Waals surface area (Å²) in [5.41, 5.74) is 0.418. The molecular formula is C11H13BrN4O. The lowest BCUT2D eigenvalue weighted by molar-refractivity contribution is 0.770. The van der Waals surface area contributed by atoms with Gasteiger partial charge in [-0.05, 0) is 28.9 Å². The SMILES string of the molecule is CCn1ccnc1Nc1cc(Br)cn(C)c1=O. The van der Waals surface area contributed by atoms with Gasteiger partial charge >= 0.3 is 0 Å². The number of hydrogen-bond acceptors (Lipinski definition) is 3. The lowest BCUT2D eigenvalue weighted by Crippen LogP contribution is -2.20. The molecule has 0 aliphatic carbocycles. The van der Waals surface area contributed by atoms with Crippen LogP contribution in [0.4, 0.5) is 11.6 Å². The molecule has 6 heteroatoms. The molecule has 2 rings (SSSR count). The monoisotopic (exact) mass is 296 g/mol. The standard InChI is InChI=1S/C11H13BrN4O/c1-3-16-5-4-13-11(16)14-9-6-8(12)7-15(2)10(9)17/h4-7H,3H2,1-2H3,(H,13,14). The Hall–Kier alpha value is -1.56. The summed E-state index contributed by atoms with van der Waals surface area (Å²) in [6, 6.07) is 1.75. The number of aromatic nitrogens is 3. The van der Waals surface area contributed by atoms with Crippen molar-refractivity contribution < 1.29 is 0 Å². The number of imidazole rings is 1. The van der Waals surface area contributed by atoms with E-state index in [4.69, 9.17) is 0 Å². The van der Waals surface area contributed by atoms with Gasteiger partial charge in [0.25, 0.3) is 5.56 Å². The molecule has 0 atom stereocenters. The van der Waals surface area contributed by atoms with Crippen molar-refractivity contribution in [3.63, 3.8) is 0 Å². The van der Waals surface area contributed by atoms with Crippen LogP contribution in [0, 0.1) is 0 Å². The number of aryl methyl sites for hydroxylation is 2. The van der Waals surface area contributed by atoms with Crippen LogP contribution in [-0.4, -0.2) is 14.1 Å². The number of nitrogens with one attached hydrogen (secondary N) is 1. The summed E-state index contributed by atoms with van der Waals surface area (Å²) in [5.74, 6) is 0.669. The normalized spacial score (nSPS) is 10.5. The lowest BCUT2D eigenvalue weighted by Gasteiger charge is -2.09. The van der Waals surface area contributed by atoms with Crippen LogP contribution >= 0.6 is 15.9 Å². The van der Waals surface area contributed by atoms with Crippen molar-refractivity contribution in [1.29, 1.82) is 0 Å². The first-order valence-corrected chi connectivity index (χ1v) is 6.05. The predicted octanol–water partition coefficient (Wildman–Crippen LogP) is 2.11. The van der Waals surface area contributed by atoms with Crippen LogP contribution < -0.4 is 10.9 Å². The highest BCUT2D eigenvalue weighted by molar-refractivity contribution is 9.10. The van der Waals surface area contributed by atoms with Gasteiger partial charge in [0, 0.05) is 36.7 Å². The quantitative estimate of drug-likeness (QED) is 0.944. The van der Waals surface area contributed by atoms with Gasteiger partial charge in [-0.2, -0.15) is 0 Å². The molecule has 0 amide bonds. The average Bonchev–Trinajstić information content (AvgIpc) is 2.72. The highest BCUT2D eigenvalue weighted by Crippen LogP contribution is 2.15. The summed E-state index contributed by atoms with van der Waals surface area (Å²) in [6.07, 6.45) is 5.29. The van der Waals surface area contributed by atoms with Gasteiger partial charge in [-0.25, -0.2) is 4.98 Å². The van der Waals surface area contributed by atoms with Gasteiger partial charge in [0.15, 0.2) is 0 Å². The van der Waals surface area contributed by atoms with Crippen molar-refractivity contribution in [2.75, 3.05) is 5.32 Å². The second-order valence-electron chi connectivity index (χ2n) is 3.65. The van der Waals surface area contributed by atoms with Gasteiger partial charge in [0.2, 0.25) is 5.95 Å². The Kier molecular flexibility index (Phi) is 3.33. The van der Waals surface area contributed by atoms with E-state index in [2.05, 4.69) is 26.2 Å². The Morgan fingerprint density at radius 3 is 3.00 bits per heavy atom. The number of pyridine rings is 1. The zero-order chi connectivity index (χ0) is 12.4. The first kappa shape index (κ1) is 11.9. The van der Waals surface area contributed by atoms with Gasteiger partial charge in [0.05, 0.1) is 0 Å². The number of nitrogens with zero attached hydrogens (tertiary/aromatic N) is 3. The van der Waals surface area contributed by atoms with E-state index in [-0.39, 0.29) is 5.56 Å². The third-order valence-corrected chi connectivity index (χ3v) is 2.89. The first-order chi connectivity index (χ1) is 8.11. The van der Waals surface area contributed by atoms with E-state index in [1.165, 1.54) is 4.57 Å². The molecule has 0 spiro atoms. The van der Waals surface area contributed by atoms with Crippen LogP contribution in [0.2, 0.25) is 0 Å². The third kappa shape index (κ3) is 2.41. The molecule has 2 heterocycles. The molecule has 1 N–H and O–H groups in total. The van der Waals surface area contributed by atoms with Crippen LogP contribution in [0.1, 0.15) is 6.92 Å². The summed E-state index contributed by atoms with van der Waals surface area (Å²) in [7, 11) is 1.71. The topological polar surface area (TPSA) is 51.9 Å². The summed E-state index contributed by atoms with van der Waals surface area (Å²) in [5, 5.41) is 3.04. The van der Waals surface area contributed by atoms with Crippen molar-refractivity contribution >= 4 is 27.6 Å². The molecule has 90 valence electrons. The predicted molar refractivity (Wildman–Crippen MR) is 70.6 cm³/mol. The molecule has 0 aliphatic heterocycles. The molecule has 5 nitrogen and oxygen atoms in total. The smallest absolute Gasteiger partial charge is 0.274 e. The van der Waals surface area contributed by atoms with Crippen LogP contribution in [0.15, 0.2) is 33.9 Å². The largest absolute Gasteiger partial charge is 0.321 e. The second-order valence-corrected chi connectivity index (χ2v) is 4.57. The number of rotatable bonds is 3. The molecular weight excluding hydrogens is 284 g/mol. The molecule has 0 aliphatic rings. The molecule has 17 heavy (non-hydrogen) atoms. The van der Waals surface area contributed by atoms with Gasteiger partial charge in [-0.15, -0.1) is 0 Å². The van der Waals surface area contributed by atoms with Crippen LogP contribution in [0.5, 0.6) is 0 Å². The summed E-state index contributed by atoms with van der Waals surface area (Å²) in [4.78, 5) is 16.1. The summed E-state index contributed by atoms with van der Waals surface area (Å²) < 4.78 is 4.29. The number of anilines is 2. The van der Waals surface area contributed by atoms with Gasteiger partial charge in [-0.3, -0.25) is 4.79 Å². The Morgan fingerprint density at radius 1 is 1.53 bits per heavy atom. The van der Waals surface area contributed by atoms with E-state index in [0.717, 1.165) is 11.0 Å². The van der Waals surface area contributed by atoms with Crippen molar-refractivity contribution in [3.8, 4) is 0 Å². The van der Waals surface area contributed by atoms with Crippen LogP contribution in [0.3, 0.4) is 0 Å². The molecule has 0 unspecified atom stereocenters. The molecule has 0 bridgehead atoms. The van der Waals surface area contributed by atoms with Crippen molar-refractivity contribution in [2.45, 2.75) is 13.5 Å². The molecule has 0 fully saturated rings. The Balaban J connectivity index is 2.40. The lowest BCUT2D eigenvalue weighted by atomic mass is 10.4. The number of halogens is 1. The van der Waals surface area contributed by atoms with Crippen molar-refractivity contribution in [1.82, 2.24) is 14.1 Å². The molecule has 0 saturated heterocycles. The van der Waals surface area contributed by atoms with E-state index >= 15 is 0 Å². The van der Waals surface area contributed by atoms with E-state index in [9.17, 15) is 4.79 Å². The van der Waals surface area contributed by atoms with Crippen LogP contribution in [0.25, 0.3) is 0 Å². The maximum atomic E-state index is 11.9. The summed E-state index contributed by atoms with van der Waals surface area (Å²) in [6.45, 7) is 2.82. The number of hydrogen-bond donors (Lipinski definition) is 1. The fourth-order valence-corrected chi connectivity index (χ4v) is 2.10. The van der Waals surface area contributed by atoms with E-state index in [0.29, 0.717) is 11.6 Å². The Bertz CT molecular complexity index is 587. The van der Waals surface area contributed by atoms with Gasteiger partial charge in [0.1, 0.15) is 5.69 Å². The molecule has 2 aromatic rings. The molecule has 2 aromatic heterocycles. The Labute approximate surface area is 107 Å². The highest BCUT2D eigenvalue weighted by atomic mass is 79.9.